The van der Waals surface area contributed by atoms with E-state index in [0.717, 1.165) is 18.5 Å². The summed E-state index contributed by atoms with van der Waals surface area (Å²) in [6.45, 7) is 0. The van der Waals surface area contributed by atoms with Crippen molar-refractivity contribution in [1.29, 1.82) is 0 Å². The highest BCUT2D eigenvalue weighted by atomic mass is 15.0. The Labute approximate surface area is 291 Å². The van der Waals surface area contributed by atoms with Crippen LogP contribution >= 0.6 is 0 Å². The first kappa shape index (κ1) is 28.6. The molecule has 236 valence electrons. The van der Waals surface area contributed by atoms with Crippen molar-refractivity contribution in [3.63, 3.8) is 0 Å². The normalized spacial score (nSPS) is 12.8. The molecule has 0 spiro atoms. The van der Waals surface area contributed by atoms with Crippen molar-refractivity contribution in [2.75, 3.05) is 0 Å². The van der Waals surface area contributed by atoms with Crippen molar-refractivity contribution in [2.45, 2.75) is 12.8 Å². The summed E-state index contributed by atoms with van der Waals surface area (Å²) in [5.41, 5.74) is 16.4. The highest BCUT2D eigenvalue weighted by molar-refractivity contribution is 6.10. The van der Waals surface area contributed by atoms with Crippen molar-refractivity contribution in [3.8, 4) is 33.6 Å². The summed E-state index contributed by atoms with van der Waals surface area (Å²) in [6.07, 6.45) is 4.46. The Hall–Kier alpha value is -6.38. The molecule has 0 aliphatic heterocycles. The fourth-order valence-corrected chi connectivity index (χ4v) is 8.11. The standard InChI is InChI=1S/C48H34N2/c1-3-13-33(14-4-1)37-25-27-47-43(31-37)41-21-7-9-23-45(41)49(47)39-19-11-17-35(29-39)36-18-12-20-40(30-36)50-46-24-10-8-22-42(46)44-32-38(26-28-48(44)50)34-15-5-2-6-16-34/h1-25,27,29-32H,26,28H2. The first-order valence-corrected chi connectivity index (χ1v) is 17.5. The van der Waals surface area contributed by atoms with E-state index in [9.17, 15) is 0 Å². The van der Waals surface area contributed by atoms with E-state index in [1.165, 1.54) is 83.0 Å². The van der Waals surface area contributed by atoms with Crippen molar-refractivity contribution in [2.24, 2.45) is 0 Å². The van der Waals surface area contributed by atoms with E-state index in [-0.39, 0.29) is 0 Å². The Balaban J connectivity index is 1.09. The van der Waals surface area contributed by atoms with Gasteiger partial charge >= 0.3 is 0 Å². The molecule has 50 heavy (non-hydrogen) atoms. The molecular weight excluding hydrogens is 605 g/mol. The van der Waals surface area contributed by atoms with Crippen molar-refractivity contribution < 1.29 is 0 Å². The topological polar surface area (TPSA) is 9.86 Å². The number of benzene rings is 7. The Bertz CT molecular complexity index is 2740. The highest BCUT2D eigenvalue weighted by Crippen LogP contribution is 2.40. The predicted molar refractivity (Wildman–Crippen MR) is 211 cm³/mol. The molecule has 0 bridgehead atoms. The fourth-order valence-electron chi connectivity index (χ4n) is 8.11. The molecule has 0 N–H and O–H groups in total. The Morgan fingerprint density at radius 3 is 1.60 bits per heavy atom. The molecule has 9 aromatic rings. The maximum absolute atomic E-state index is 2.49. The lowest BCUT2D eigenvalue weighted by Gasteiger charge is -2.18. The average Bonchev–Trinajstić information content (AvgIpc) is 3.71. The number of hydrogen-bond acceptors (Lipinski definition) is 0. The van der Waals surface area contributed by atoms with Gasteiger partial charge in [0.25, 0.3) is 0 Å². The number of aromatic nitrogens is 2. The van der Waals surface area contributed by atoms with Gasteiger partial charge in [-0.05, 0) is 101 Å². The zero-order valence-corrected chi connectivity index (χ0v) is 27.6. The molecule has 0 saturated heterocycles. The smallest absolute Gasteiger partial charge is 0.0541 e. The molecular formula is C48H34N2. The van der Waals surface area contributed by atoms with Gasteiger partial charge in [0.2, 0.25) is 0 Å². The van der Waals surface area contributed by atoms with Gasteiger partial charge in [0.05, 0.1) is 16.6 Å². The van der Waals surface area contributed by atoms with Crippen LogP contribution in [-0.2, 0) is 6.42 Å². The van der Waals surface area contributed by atoms with E-state index < -0.39 is 0 Å². The average molecular weight is 639 g/mol. The van der Waals surface area contributed by atoms with E-state index in [1.54, 1.807) is 0 Å². The summed E-state index contributed by atoms with van der Waals surface area (Å²) in [5, 5.41) is 3.84. The molecule has 7 aromatic carbocycles. The molecule has 0 unspecified atom stereocenters. The van der Waals surface area contributed by atoms with Gasteiger partial charge in [-0.25, -0.2) is 0 Å². The van der Waals surface area contributed by atoms with Gasteiger partial charge in [0.1, 0.15) is 0 Å². The molecule has 2 heterocycles. The number of allylic oxidation sites excluding steroid dienone is 1. The number of para-hydroxylation sites is 2. The third-order valence-electron chi connectivity index (χ3n) is 10.4. The predicted octanol–water partition coefficient (Wildman–Crippen LogP) is 12.5. The Kier molecular flexibility index (Phi) is 6.67. The summed E-state index contributed by atoms with van der Waals surface area (Å²) in [5.74, 6) is 0. The number of fused-ring (bicyclic) bond motifs is 6. The summed E-state index contributed by atoms with van der Waals surface area (Å²) >= 11 is 0. The number of rotatable bonds is 5. The molecule has 0 amide bonds. The van der Waals surface area contributed by atoms with E-state index in [2.05, 4.69) is 191 Å². The van der Waals surface area contributed by atoms with E-state index in [4.69, 9.17) is 0 Å². The summed E-state index contributed by atoms with van der Waals surface area (Å²) in [6, 6.07) is 64.1. The fraction of sp³-hybridized carbons (Fsp3) is 0.0417. The highest BCUT2D eigenvalue weighted by Gasteiger charge is 2.22. The van der Waals surface area contributed by atoms with E-state index in [0.29, 0.717) is 0 Å². The van der Waals surface area contributed by atoms with Gasteiger partial charge in [0.15, 0.2) is 0 Å². The second-order valence-electron chi connectivity index (χ2n) is 13.3. The van der Waals surface area contributed by atoms with Gasteiger partial charge in [-0.2, -0.15) is 0 Å². The van der Waals surface area contributed by atoms with Crippen LogP contribution in [0.2, 0.25) is 0 Å². The largest absolute Gasteiger partial charge is 0.313 e. The first-order chi connectivity index (χ1) is 24.8. The van der Waals surface area contributed by atoms with Gasteiger partial charge in [-0.1, -0.05) is 127 Å². The lowest BCUT2D eigenvalue weighted by atomic mass is 9.91. The number of nitrogens with zero attached hydrogens (tertiary/aromatic N) is 2. The van der Waals surface area contributed by atoms with Crippen LogP contribution in [0.1, 0.15) is 23.2 Å². The maximum Gasteiger partial charge on any atom is 0.0541 e. The maximum atomic E-state index is 2.49. The van der Waals surface area contributed by atoms with Gasteiger partial charge < -0.3 is 9.13 Å². The SMILES string of the molecule is C1=C(c2ccccc2)CCc2c1c1ccccc1n2-c1cccc(-c2cccc(-n3c4ccccc4c4cc(-c5ccccc5)ccc43)c2)c1. The molecule has 2 nitrogen and oxygen atoms in total. The monoisotopic (exact) mass is 638 g/mol. The van der Waals surface area contributed by atoms with Gasteiger partial charge in [0, 0.05) is 38.8 Å². The van der Waals surface area contributed by atoms with E-state index >= 15 is 0 Å². The van der Waals surface area contributed by atoms with Crippen LogP contribution in [0.5, 0.6) is 0 Å². The van der Waals surface area contributed by atoms with Crippen LogP contribution < -0.4 is 0 Å². The van der Waals surface area contributed by atoms with Crippen molar-refractivity contribution in [1.82, 2.24) is 9.13 Å². The van der Waals surface area contributed by atoms with Crippen LogP contribution in [0.15, 0.2) is 176 Å². The second kappa shape index (κ2) is 11.6. The van der Waals surface area contributed by atoms with Crippen LogP contribution in [0.3, 0.4) is 0 Å². The zero-order valence-electron chi connectivity index (χ0n) is 27.6. The Morgan fingerprint density at radius 2 is 0.880 bits per heavy atom. The molecule has 0 saturated carbocycles. The van der Waals surface area contributed by atoms with Crippen LogP contribution in [-0.4, -0.2) is 9.13 Å². The minimum absolute atomic E-state index is 1.00. The minimum atomic E-state index is 1.00. The minimum Gasteiger partial charge on any atom is -0.313 e. The molecule has 0 fully saturated rings. The quantitative estimate of drug-likeness (QED) is 0.178. The van der Waals surface area contributed by atoms with E-state index in [1.807, 2.05) is 0 Å². The number of hydrogen-bond donors (Lipinski definition) is 0. The van der Waals surface area contributed by atoms with Gasteiger partial charge in [-0.15, -0.1) is 0 Å². The lowest BCUT2D eigenvalue weighted by molar-refractivity contribution is 0.898. The molecule has 1 aliphatic rings. The second-order valence-corrected chi connectivity index (χ2v) is 13.3. The summed E-state index contributed by atoms with van der Waals surface area (Å²) < 4.78 is 4.91. The lowest BCUT2D eigenvalue weighted by Crippen LogP contribution is -2.05. The zero-order chi connectivity index (χ0) is 33.0. The summed E-state index contributed by atoms with van der Waals surface area (Å²) in [4.78, 5) is 0. The summed E-state index contributed by atoms with van der Waals surface area (Å²) in [7, 11) is 0. The Morgan fingerprint density at radius 1 is 0.340 bits per heavy atom. The van der Waals surface area contributed by atoms with Crippen LogP contribution in [0.4, 0.5) is 0 Å². The first-order valence-electron chi connectivity index (χ1n) is 17.5. The molecule has 2 aromatic heterocycles. The molecule has 2 heteroatoms. The van der Waals surface area contributed by atoms with Crippen LogP contribution in [0, 0.1) is 0 Å². The molecule has 0 radical (unpaired) electrons. The molecule has 0 atom stereocenters. The van der Waals surface area contributed by atoms with Crippen LogP contribution in [0.25, 0.3) is 78.0 Å². The molecule has 10 rings (SSSR count). The molecule has 1 aliphatic carbocycles. The van der Waals surface area contributed by atoms with Gasteiger partial charge in [-0.3, -0.25) is 0 Å². The third-order valence-corrected chi connectivity index (χ3v) is 10.4. The van der Waals surface area contributed by atoms with Crippen molar-refractivity contribution >= 4 is 44.4 Å². The third kappa shape index (κ3) is 4.64. The van der Waals surface area contributed by atoms with Crippen molar-refractivity contribution in [3.05, 3.63) is 193 Å².